The van der Waals surface area contributed by atoms with E-state index in [0.29, 0.717) is 12.3 Å². The van der Waals surface area contributed by atoms with Crippen LogP contribution in [0, 0.1) is 5.92 Å². The Morgan fingerprint density at radius 1 is 1.58 bits per heavy atom. The predicted octanol–water partition coefficient (Wildman–Crippen LogP) is 1.89. The highest BCUT2D eigenvalue weighted by atomic mass is 35.5. The molecule has 1 unspecified atom stereocenters. The third-order valence-corrected chi connectivity index (χ3v) is 1.91. The fourth-order valence-electron chi connectivity index (χ4n) is 0.918. The largest absolute Gasteiger partial charge is 0.323 e. The molecule has 0 rings (SSSR count). The van der Waals surface area contributed by atoms with Crippen molar-refractivity contribution >= 4 is 23.3 Å². The number of halogens is 1. The first kappa shape index (κ1) is 11.4. The second-order valence-corrected chi connectivity index (χ2v) is 3.52. The van der Waals surface area contributed by atoms with Crippen LogP contribution in [-0.2, 0) is 4.79 Å². The fraction of sp³-hybridized carbons (Fsp3) is 0.750. The smallest absolute Gasteiger partial charge is 0.316 e. The SMILES string of the molecule is CC(C)CC(C=O)N(C)C(=O)Cl. The number of hydrogen-bond donors (Lipinski definition) is 0. The Morgan fingerprint density at radius 2 is 2.08 bits per heavy atom. The average molecular weight is 192 g/mol. The summed E-state index contributed by atoms with van der Waals surface area (Å²) in [6.45, 7) is 3.98. The van der Waals surface area contributed by atoms with Crippen molar-refractivity contribution in [2.24, 2.45) is 5.92 Å². The molecule has 0 aromatic carbocycles. The summed E-state index contributed by atoms with van der Waals surface area (Å²) in [5.41, 5.74) is 0. The predicted molar refractivity (Wildman–Crippen MR) is 48.3 cm³/mol. The van der Waals surface area contributed by atoms with E-state index in [1.165, 1.54) is 11.9 Å². The van der Waals surface area contributed by atoms with E-state index in [1.807, 2.05) is 13.8 Å². The maximum Gasteiger partial charge on any atom is 0.316 e. The molecule has 0 aromatic rings. The van der Waals surface area contributed by atoms with Gasteiger partial charge in [0.15, 0.2) is 0 Å². The van der Waals surface area contributed by atoms with Gasteiger partial charge in [0.05, 0.1) is 6.04 Å². The summed E-state index contributed by atoms with van der Waals surface area (Å²) in [6, 6.07) is -0.394. The molecule has 3 nitrogen and oxygen atoms in total. The van der Waals surface area contributed by atoms with Gasteiger partial charge in [-0.2, -0.15) is 0 Å². The van der Waals surface area contributed by atoms with Crippen LogP contribution in [0.5, 0.6) is 0 Å². The van der Waals surface area contributed by atoms with E-state index in [1.54, 1.807) is 0 Å². The Bertz CT molecular complexity index is 170. The van der Waals surface area contributed by atoms with Crippen LogP contribution >= 0.6 is 11.6 Å². The first-order valence-corrected chi connectivity index (χ1v) is 4.24. The third-order valence-electron chi connectivity index (χ3n) is 1.64. The number of carbonyl (C=O) groups is 2. The lowest BCUT2D eigenvalue weighted by Gasteiger charge is -2.22. The zero-order valence-corrected chi connectivity index (χ0v) is 8.34. The summed E-state index contributed by atoms with van der Waals surface area (Å²) in [6.07, 6.45) is 1.40. The first-order valence-electron chi connectivity index (χ1n) is 3.86. The fourth-order valence-corrected chi connectivity index (χ4v) is 1.04. The molecule has 0 aromatic heterocycles. The second kappa shape index (κ2) is 5.14. The molecular weight excluding hydrogens is 178 g/mol. The Hall–Kier alpha value is -0.570. The molecule has 0 N–H and O–H groups in total. The Labute approximate surface area is 77.7 Å². The third kappa shape index (κ3) is 3.72. The van der Waals surface area contributed by atoms with E-state index in [4.69, 9.17) is 11.6 Å². The molecule has 0 saturated carbocycles. The maximum atomic E-state index is 10.7. The Balaban J connectivity index is 4.14. The number of hydrogen-bond acceptors (Lipinski definition) is 2. The van der Waals surface area contributed by atoms with Crippen molar-refractivity contribution in [3.63, 3.8) is 0 Å². The van der Waals surface area contributed by atoms with Crippen LogP contribution in [0.4, 0.5) is 4.79 Å². The lowest BCUT2D eigenvalue weighted by molar-refractivity contribution is -0.111. The topological polar surface area (TPSA) is 37.4 Å². The molecule has 1 atom stereocenters. The van der Waals surface area contributed by atoms with E-state index in [2.05, 4.69) is 0 Å². The lowest BCUT2D eigenvalue weighted by atomic mass is 10.0. The molecule has 12 heavy (non-hydrogen) atoms. The Kier molecular flexibility index (Phi) is 4.90. The minimum Gasteiger partial charge on any atom is -0.323 e. The molecular formula is C8H14ClNO2. The number of rotatable bonds is 4. The van der Waals surface area contributed by atoms with Gasteiger partial charge in [-0.25, -0.2) is 0 Å². The molecule has 0 fully saturated rings. The molecule has 70 valence electrons. The van der Waals surface area contributed by atoms with Gasteiger partial charge in [-0.15, -0.1) is 0 Å². The van der Waals surface area contributed by atoms with Gasteiger partial charge in [-0.3, -0.25) is 4.79 Å². The molecule has 0 aliphatic heterocycles. The van der Waals surface area contributed by atoms with Gasteiger partial charge >= 0.3 is 5.37 Å². The van der Waals surface area contributed by atoms with Gasteiger partial charge in [-0.05, 0) is 23.9 Å². The van der Waals surface area contributed by atoms with E-state index < -0.39 is 11.4 Å². The van der Waals surface area contributed by atoms with Crippen LogP contribution in [0.25, 0.3) is 0 Å². The molecule has 0 saturated heterocycles. The van der Waals surface area contributed by atoms with Crippen LogP contribution in [-0.4, -0.2) is 29.6 Å². The summed E-state index contributed by atoms with van der Waals surface area (Å²) in [5, 5.41) is -0.590. The molecule has 0 aliphatic carbocycles. The molecule has 0 radical (unpaired) electrons. The van der Waals surface area contributed by atoms with Gasteiger partial charge in [0.1, 0.15) is 6.29 Å². The maximum absolute atomic E-state index is 10.7. The standard InChI is InChI=1S/C8H14ClNO2/c1-6(2)4-7(5-11)10(3)8(9)12/h5-7H,4H2,1-3H3. The molecule has 0 bridgehead atoms. The van der Waals surface area contributed by atoms with Gasteiger partial charge in [0.2, 0.25) is 0 Å². The molecule has 0 spiro atoms. The summed E-state index contributed by atoms with van der Waals surface area (Å²) >= 11 is 5.21. The van der Waals surface area contributed by atoms with E-state index in [0.717, 1.165) is 6.29 Å². The lowest BCUT2D eigenvalue weighted by Crippen LogP contribution is -2.35. The molecule has 0 aliphatic rings. The van der Waals surface area contributed by atoms with E-state index >= 15 is 0 Å². The van der Waals surface area contributed by atoms with Crippen LogP contribution < -0.4 is 0 Å². The van der Waals surface area contributed by atoms with Crippen molar-refractivity contribution in [2.45, 2.75) is 26.3 Å². The van der Waals surface area contributed by atoms with Crippen LogP contribution in [0.15, 0.2) is 0 Å². The number of amides is 1. The summed E-state index contributed by atoms with van der Waals surface area (Å²) < 4.78 is 0. The quantitative estimate of drug-likeness (QED) is 0.387. The molecule has 1 amide bonds. The zero-order chi connectivity index (χ0) is 9.72. The molecule has 0 heterocycles. The van der Waals surface area contributed by atoms with Gasteiger partial charge in [0, 0.05) is 7.05 Å². The minimum absolute atomic E-state index is 0.374. The highest BCUT2D eigenvalue weighted by Gasteiger charge is 2.18. The van der Waals surface area contributed by atoms with Crippen molar-refractivity contribution in [3.8, 4) is 0 Å². The van der Waals surface area contributed by atoms with E-state index in [-0.39, 0.29) is 0 Å². The van der Waals surface area contributed by atoms with Crippen molar-refractivity contribution in [1.29, 1.82) is 0 Å². The summed E-state index contributed by atoms with van der Waals surface area (Å²) in [7, 11) is 1.52. The van der Waals surface area contributed by atoms with Gasteiger partial charge in [0.25, 0.3) is 0 Å². The van der Waals surface area contributed by atoms with Crippen LogP contribution in [0.3, 0.4) is 0 Å². The number of carbonyl (C=O) groups excluding carboxylic acids is 2. The van der Waals surface area contributed by atoms with Crippen molar-refractivity contribution < 1.29 is 9.59 Å². The van der Waals surface area contributed by atoms with Gasteiger partial charge in [-0.1, -0.05) is 13.8 Å². The summed E-state index contributed by atoms with van der Waals surface area (Å²) in [5.74, 6) is 0.374. The van der Waals surface area contributed by atoms with E-state index in [9.17, 15) is 9.59 Å². The number of likely N-dealkylation sites (N-methyl/N-ethyl adjacent to an activating group) is 1. The van der Waals surface area contributed by atoms with Crippen LogP contribution in [0.1, 0.15) is 20.3 Å². The summed E-state index contributed by atoms with van der Waals surface area (Å²) in [4.78, 5) is 22.4. The first-order chi connectivity index (χ1) is 5.49. The monoisotopic (exact) mass is 191 g/mol. The zero-order valence-electron chi connectivity index (χ0n) is 7.58. The van der Waals surface area contributed by atoms with Crippen molar-refractivity contribution in [2.75, 3.05) is 7.05 Å². The minimum atomic E-state index is -0.590. The number of aldehydes is 1. The highest BCUT2D eigenvalue weighted by molar-refractivity contribution is 6.62. The Morgan fingerprint density at radius 3 is 2.33 bits per heavy atom. The average Bonchev–Trinajstić information content (AvgIpc) is 1.98. The van der Waals surface area contributed by atoms with Crippen LogP contribution in [0.2, 0.25) is 0 Å². The molecule has 4 heteroatoms. The highest BCUT2D eigenvalue weighted by Crippen LogP contribution is 2.09. The van der Waals surface area contributed by atoms with Gasteiger partial charge < -0.3 is 9.69 Å². The number of nitrogens with zero attached hydrogens (tertiary/aromatic N) is 1. The second-order valence-electron chi connectivity index (χ2n) is 3.20. The normalized spacial score (nSPS) is 12.8. The van der Waals surface area contributed by atoms with Crippen molar-refractivity contribution in [1.82, 2.24) is 4.90 Å². The van der Waals surface area contributed by atoms with Crippen molar-refractivity contribution in [3.05, 3.63) is 0 Å².